The molecule has 1 saturated heterocycles. The lowest BCUT2D eigenvalue weighted by atomic mass is 9.99. The first-order valence-electron chi connectivity index (χ1n) is 7.64. The van der Waals surface area contributed by atoms with Gasteiger partial charge >= 0.3 is 6.09 Å². The number of nitrogens with zero attached hydrogens (tertiary/aromatic N) is 1. The fourth-order valence-corrected chi connectivity index (χ4v) is 3.91. The Labute approximate surface area is 127 Å². The predicted molar refractivity (Wildman–Crippen MR) is 80.5 cm³/mol. The fraction of sp³-hybridized carbons (Fsp3) is 0.929. The Kier molecular flexibility index (Phi) is 4.82. The highest BCUT2D eigenvalue weighted by atomic mass is 32.2. The predicted octanol–water partition coefficient (Wildman–Crippen LogP) is 1.72. The molecule has 1 saturated carbocycles. The molecule has 1 aliphatic carbocycles. The second-order valence-corrected chi connectivity index (χ2v) is 9.07. The van der Waals surface area contributed by atoms with Crippen molar-refractivity contribution in [2.45, 2.75) is 57.3 Å². The van der Waals surface area contributed by atoms with E-state index in [4.69, 9.17) is 4.74 Å². The highest BCUT2D eigenvalue weighted by Gasteiger charge is 2.36. The fourth-order valence-electron chi connectivity index (χ4n) is 2.45. The average Bonchev–Trinajstić information content (AvgIpc) is 3.19. The van der Waals surface area contributed by atoms with Crippen molar-refractivity contribution in [2.24, 2.45) is 5.92 Å². The van der Waals surface area contributed by atoms with Gasteiger partial charge in [0, 0.05) is 19.6 Å². The van der Waals surface area contributed by atoms with Gasteiger partial charge in [0.1, 0.15) is 5.60 Å². The largest absolute Gasteiger partial charge is 0.444 e. The minimum atomic E-state index is -3.14. The number of carbonyl (C=O) groups is 1. The molecule has 2 rings (SSSR count). The number of nitrogens with one attached hydrogen (secondary N) is 1. The first kappa shape index (κ1) is 16.5. The Bertz CT molecular complexity index is 480. The molecule has 6 nitrogen and oxygen atoms in total. The maximum atomic E-state index is 12.0. The van der Waals surface area contributed by atoms with E-state index in [1.807, 2.05) is 20.8 Å². The lowest BCUT2D eigenvalue weighted by Gasteiger charge is -2.34. The number of amides is 1. The summed E-state index contributed by atoms with van der Waals surface area (Å²) in [6.45, 7) is 7.18. The Morgan fingerprint density at radius 3 is 2.52 bits per heavy atom. The van der Waals surface area contributed by atoms with E-state index in [0.29, 0.717) is 19.6 Å². The van der Waals surface area contributed by atoms with E-state index in [2.05, 4.69) is 4.72 Å². The van der Waals surface area contributed by atoms with Gasteiger partial charge in [-0.25, -0.2) is 17.9 Å². The molecule has 1 N–H and O–H groups in total. The molecule has 2 aliphatic rings. The maximum absolute atomic E-state index is 12.0. The number of sulfonamides is 1. The first-order chi connectivity index (χ1) is 9.67. The van der Waals surface area contributed by atoms with E-state index < -0.39 is 15.6 Å². The van der Waals surface area contributed by atoms with Crippen LogP contribution in [0.15, 0.2) is 0 Å². The van der Waals surface area contributed by atoms with Crippen LogP contribution in [0.3, 0.4) is 0 Å². The molecule has 1 heterocycles. The van der Waals surface area contributed by atoms with E-state index >= 15 is 0 Å². The molecule has 7 heteroatoms. The van der Waals surface area contributed by atoms with E-state index in [1.54, 1.807) is 4.90 Å². The number of hydrogen-bond donors (Lipinski definition) is 1. The number of piperidine rings is 1. The van der Waals surface area contributed by atoms with Crippen LogP contribution in [0.2, 0.25) is 0 Å². The quantitative estimate of drug-likeness (QED) is 0.856. The van der Waals surface area contributed by atoms with Crippen LogP contribution in [0.25, 0.3) is 0 Å². The van der Waals surface area contributed by atoms with Crippen LogP contribution >= 0.6 is 0 Å². The van der Waals surface area contributed by atoms with Gasteiger partial charge in [-0.15, -0.1) is 0 Å². The number of likely N-dealkylation sites (tertiary alicyclic amines) is 1. The number of hydrogen-bond acceptors (Lipinski definition) is 4. The Hall–Kier alpha value is -0.820. The van der Waals surface area contributed by atoms with Crippen molar-refractivity contribution in [1.82, 2.24) is 9.62 Å². The van der Waals surface area contributed by atoms with Crippen LogP contribution in [-0.4, -0.2) is 49.9 Å². The minimum absolute atomic E-state index is 0.166. The molecule has 0 spiro atoms. The van der Waals surface area contributed by atoms with Gasteiger partial charge in [0.2, 0.25) is 10.0 Å². The average molecular weight is 318 g/mol. The lowest BCUT2D eigenvalue weighted by molar-refractivity contribution is 0.0169. The Morgan fingerprint density at radius 2 is 1.95 bits per heavy atom. The van der Waals surface area contributed by atoms with Crippen LogP contribution < -0.4 is 4.72 Å². The molecule has 0 aromatic rings. The van der Waals surface area contributed by atoms with Gasteiger partial charge in [-0.1, -0.05) is 0 Å². The van der Waals surface area contributed by atoms with Gasteiger partial charge in [0.25, 0.3) is 0 Å². The lowest BCUT2D eigenvalue weighted by Crippen LogP contribution is -2.45. The van der Waals surface area contributed by atoms with Gasteiger partial charge in [-0.3, -0.25) is 0 Å². The molecular weight excluding hydrogens is 292 g/mol. The Balaban J connectivity index is 1.81. The van der Waals surface area contributed by atoms with Crippen LogP contribution in [0.5, 0.6) is 0 Å². The third kappa shape index (κ3) is 5.14. The van der Waals surface area contributed by atoms with E-state index in [9.17, 15) is 13.2 Å². The highest BCUT2D eigenvalue weighted by Crippen LogP contribution is 2.27. The molecule has 1 aliphatic heterocycles. The van der Waals surface area contributed by atoms with Gasteiger partial charge in [0.15, 0.2) is 0 Å². The summed E-state index contributed by atoms with van der Waals surface area (Å²) in [5.41, 5.74) is -0.502. The van der Waals surface area contributed by atoms with Crippen molar-refractivity contribution in [1.29, 1.82) is 0 Å². The SMILES string of the molecule is CC(C)(C)OC(=O)N1CCCC(CNS(=O)(=O)C2CC2)C1. The van der Waals surface area contributed by atoms with E-state index in [-0.39, 0.29) is 17.3 Å². The van der Waals surface area contributed by atoms with Gasteiger partial charge in [-0.2, -0.15) is 0 Å². The molecule has 122 valence electrons. The summed E-state index contributed by atoms with van der Waals surface area (Å²) < 4.78 is 31.7. The van der Waals surface area contributed by atoms with Crippen molar-refractivity contribution in [3.8, 4) is 0 Å². The summed E-state index contributed by atoms with van der Waals surface area (Å²) >= 11 is 0. The van der Waals surface area contributed by atoms with Crippen LogP contribution in [0.4, 0.5) is 4.79 Å². The molecule has 1 atom stereocenters. The zero-order valence-electron chi connectivity index (χ0n) is 13.1. The number of carbonyl (C=O) groups excluding carboxylic acids is 1. The summed E-state index contributed by atoms with van der Waals surface area (Å²) in [5.74, 6) is 0.166. The first-order valence-corrected chi connectivity index (χ1v) is 9.18. The maximum Gasteiger partial charge on any atom is 0.410 e. The van der Waals surface area contributed by atoms with Crippen LogP contribution in [0.1, 0.15) is 46.5 Å². The summed E-state index contributed by atoms with van der Waals surface area (Å²) in [6, 6.07) is 0. The molecule has 0 aromatic heterocycles. The number of rotatable bonds is 4. The zero-order valence-corrected chi connectivity index (χ0v) is 13.9. The normalized spacial score (nSPS) is 24.0. The van der Waals surface area contributed by atoms with Gasteiger partial charge < -0.3 is 9.64 Å². The summed E-state index contributed by atoms with van der Waals surface area (Å²) in [7, 11) is -3.14. The zero-order chi connectivity index (χ0) is 15.7. The highest BCUT2D eigenvalue weighted by molar-refractivity contribution is 7.90. The van der Waals surface area contributed by atoms with Crippen LogP contribution in [-0.2, 0) is 14.8 Å². The minimum Gasteiger partial charge on any atom is -0.444 e. The van der Waals surface area contributed by atoms with Crippen molar-refractivity contribution < 1.29 is 17.9 Å². The molecule has 0 radical (unpaired) electrons. The van der Waals surface area contributed by atoms with E-state index in [1.165, 1.54) is 0 Å². The van der Waals surface area contributed by atoms with Crippen LogP contribution in [0, 0.1) is 5.92 Å². The summed E-state index contributed by atoms with van der Waals surface area (Å²) in [6.07, 6.45) is 3.05. The van der Waals surface area contributed by atoms with Crippen molar-refractivity contribution >= 4 is 16.1 Å². The topological polar surface area (TPSA) is 75.7 Å². The molecule has 1 amide bonds. The molecule has 1 unspecified atom stereocenters. The van der Waals surface area contributed by atoms with E-state index in [0.717, 1.165) is 25.7 Å². The standard InChI is InChI=1S/C14H26N2O4S/c1-14(2,3)20-13(17)16-8-4-5-11(10-16)9-15-21(18,19)12-6-7-12/h11-12,15H,4-10H2,1-3H3. The third-order valence-corrected chi connectivity index (χ3v) is 5.63. The third-order valence-electron chi connectivity index (χ3n) is 3.71. The monoisotopic (exact) mass is 318 g/mol. The smallest absolute Gasteiger partial charge is 0.410 e. The van der Waals surface area contributed by atoms with Gasteiger partial charge in [-0.05, 0) is 52.4 Å². The second kappa shape index (κ2) is 6.12. The molecule has 21 heavy (non-hydrogen) atoms. The van der Waals surface area contributed by atoms with Gasteiger partial charge in [0.05, 0.1) is 5.25 Å². The van der Waals surface area contributed by atoms with Crippen molar-refractivity contribution in [3.63, 3.8) is 0 Å². The molecule has 0 aromatic carbocycles. The molecular formula is C14H26N2O4S. The summed E-state index contributed by atoms with van der Waals surface area (Å²) in [4.78, 5) is 13.7. The second-order valence-electron chi connectivity index (χ2n) is 7.03. The molecule has 0 bridgehead atoms. The molecule has 2 fully saturated rings. The number of ether oxygens (including phenoxy) is 1. The van der Waals surface area contributed by atoms with Crippen molar-refractivity contribution in [3.05, 3.63) is 0 Å². The Morgan fingerprint density at radius 1 is 1.29 bits per heavy atom. The summed E-state index contributed by atoms with van der Waals surface area (Å²) in [5, 5.41) is -0.192. The van der Waals surface area contributed by atoms with Crippen molar-refractivity contribution in [2.75, 3.05) is 19.6 Å².